The highest BCUT2D eigenvalue weighted by molar-refractivity contribution is 6.71. The molecule has 0 aliphatic rings. The Morgan fingerprint density at radius 1 is 1.62 bits per heavy atom. The maximum Gasteiger partial charge on any atom is 0.245 e. The zero-order valence-electron chi connectivity index (χ0n) is 8.72. The summed E-state index contributed by atoms with van der Waals surface area (Å²) in [5.41, 5.74) is 0. The Balaban J connectivity index is 3.62. The normalized spacial score (nSPS) is 11.0. The molecule has 0 atom stereocenters. The van der Waals surface area contributed by atoms with Gasteiger partial charge in [0.05, 0.1) is 0 Å². The SMILES string of the molecule is C=CC(=O)NCO[Si](C)(C)CCC. The Kier molecular flexibility index (Phi) is 5.66. The van der Waals surface area contributed by atoms with E-state index in [-0.39, 0.29) is 5.91 Å². The zero-order chi connectivity index (χ0) is 10.3. The summed E-state index contributed by atoms with van der Waals surface area (Å²) in [5, 5.41) is 2.60. The van der Waals surface area contributed by atoms with Crippen LogP contribution in [0, 0.1) is 0 Å². The lowest BCUT2D eigenvalue weighted by Crippen LogP contribution is -2.36. The van der Waals surface area contributed by atoms with Crippen LogP contribution in [0.5, 0.6) is 0 Å². The van der Waals surface area contributed by atoms with Gasteiger partial charge in [0, 0.05) is 0 Å². The predicted octanol–water partition coefficient (Wildman–Crippen LogP) is 1.88. The molecule has 0 aliphatic carbocycles. The van der Waals surface area contributed by atoms with Gasteiger partial charge in [-0.15, -0.1) is 0 Å². The summed E-state index contributed by atoms with van der Waals surface area (Å²) in [6.45, 7) is 10.1. The molecule has 0 aromatic rings. The molecule has 0 aliphatic heterocycles. The Labute approximate surface area is 81.3 Å². The van der Waals surface area contributed by atoms with Crippen molar-refractivity contribution in [2.45, 2.75) is 32.5 Å². The summed E-state index contributed by atoms with van der Waals surface area (Å²) in [6.07, 6.45) is 2.38. The zero-order valence-corrected chi connectivity index (χ0v) is 9.72. The van der Waals surface area contributed by atoms with Crippen LogP contribution in [0.4, 0.5) is 0 Å². The quantitative estimate of drug-likeness (QED) is 0.405. The highest BCUT2D eigenvalue weighted by Gasteiger charge is 2.20. The first kappa shape index (κ1) is 12.4. The molecule has 1 N–H and O–H groups in total. The van der Waals surface area contributed by atoms with Crippen molar-refractivity contribution in [1.82, 2.24) is 5.32 Å². The van der Waals surface area contributed by atoms with E-state index < -0.39 is 8.32 Å². The van der Waals surface area contributed by atoms with Gasteiger partial charge < -0.3 is 9.74 Å². The van der Waals surface area contributed by atoms with E-state index in [0.29, 0.717) is 6.73 Å². The van der Waals surface area contributed by atoms with Gasteiger partial charge in [-0.3, -0.25) is 4.79 Å². The standard InChI is InChI=1S/C9H19NO2Si/c1-5-7-13(3,4)12-8-10-9(11)6-2/h6H,2,5,7-8H2,1,3-4H3,(H,10,11). The predicted molar refractivity (Wildman–Crippen MR) is 56.9 cm³/mol. The maximum absolute atomic E-state index is 10.8. The highest BCUT2D eigenvalue weighted by Crippen LogP contribution is 2.12. The van der Waals surface area contributed by atoms with Crippen LogP contribution in [0.3, 0.4) is 0 Å². The van der Waals surface area contributed by atoms with Gasteiger partial charge in [0.2, 0.25) is 5.91 Å². The second kappa shape index (κ2) is 5.94. The Hall–Kier alpha value is -0.613. The van der Waals surface area contributed by atoms with Crippen LogP contribution >= 0.6 is 0 Å². The van der Waals surface area contributed by atoms with E-state index in [9.17, 15) is 4.79 Å². The average Bonchev–Trinajstić information content (AvgIpc) is 2.03. The Morgan fingerprint density at radius 2 is 2.23 bits per heavy atom. The molecule has 0 aromatic heterocycles. The lowest BCUT2D eigenvalue weighted by molar-refractivity contribution is -0.117. The molecule has 0 saturated carbocycles. The van der Waals surface area contributed by atoms with Gasteiger partial charge in [-0.25, -0.2) is 0 Å². The molecule has 3 nitrogen and oxygen atoms in total. The number of nitrogens with one attached hydrogen (secondary N) is 1. The first-order valence-corrected chi connectivity index (χ1v) is 7.67. The van der Waals surface area contributed by atoms with Gasteiger partial charge in [0.15, 0.2) is 8.32 Å². The van der Waals surface area contributed by atoms with Crippen LogP contribution < -0.4 is 5.32 Å². The first-order valence-electron chi connectivity index (χ1n) is 4.56. The Morgan fingerprint density at radius 3 is 2.69 bits per heavy atom. The van der Waals surface area contributed by atoms with E-state index in [4.69, 9.17) is 4.43 Å². The molecule has 1 amide bonds. The molecule has 0 saturated heterocycles. The maximum atomic E-state index is 10.8. The molecule has 0 heterocycles. The van der Waals surface area contributed by atoms with Crippen LogP contribution in [0.15, 0.2) is 12.7 Å². The minimum atomic E-state index is -1.53. The van der Waals surface area contributed by atoms with Crippen LogP contribution in [0.1, 0.15) is 13.3 Å². The lowest BCUT2D eigenvalue weighted by Gasteiger charge is -2.21. The molecule has 0 fully saturated rings. The number of amides is 1. The fraction of sp³-hybridized carbons (Fsp3) is 0.667. The highest BCUT2D eigenvalue weighted by atomic mass is 28.4. The van der Waals surface area contributed by atoms with Crippen molar-refractivity contribution in [3.8, 4) is 0 Å². The van der Waals surface area contributed by atoms with Crippen LogP contribution in [-0.4, -0.2) is 21.0 Å². The Bertz CT molecular complexity index is 180. The second-order valence-electron chi connectivity index (χ2n) is 3.54. The molecule has 13 heavy (non-hydrogen) atoms. The van der Waals surface area contributed by atoms with E-state index in [1.807, 2.05) is 0 Å². The van der Waals surface area contributed by atoms with Gasteiger partial charge in [-0.1, -0.05) is 19.9 Å². The molecule has 4 heteroatoms. The number of hydrogen-bond acceptors (Lipinski definition) is 2. The molecule has 0 unspecified atom stereocenters. The molecule has 0 bridgehead atoms. The molecular weight excluding hydrogens is 182 g/mol. The summed E-state index contributed by atoms with van der Waals surface area (Å²) in [4.78, 5) is 10.8. The third-order valence-electron chi connectivity index (χ3n) is 1.75. The van der Waals surface area contributed by atoms with Crippen molar-refractivity contribution in [3.05, 3.63) is 12.7 Å². The smallest absolute Gasteiger partial charge is 0.245 e. The molecule has 0 radical (unpaired) electrons. The summed E-state index contributed by atoms with van der Waals surface area (Å²) < 4.78 is 5.60. The van der Waals surface area contributed by atoms with E-state index in [2.05, 4.69) is 31.9 Å². The van der Waals surface area contributed by atoms with Gasteiger partial charge >= 0.3 is 0 Å². The van der Waals surface area contributed by atoms with Crippen molar-refractivity contribution in [3.63, 3.8) is 0 Å². The summed E-state index contributed by atoms with van der Waals surface area (Å²) >= 11 is 0. The van der Waals surface area contributed by atoms with E-state index in [1.54, 1.807) is 0 Å². The summed E-state index contributed by atoms with van der Waals surface area (Å²) in [5.74, 6) is -0.179. The summed E-state index contributed by atoms with van der Waals surface area (Å²) in [6, 6.07) is 1.12. The molecular formula is C9H19NO2Si. The van der Waals surface area contributed by atoms with Crippen molar-refractivity contribution < 1.29 is 9.22 Å². The van der Waals surface area contributed by atoms with Crippen molar-refractivity contribution in [2.75, 3.05) is 6.73 Å². The topological polar surface area (TPSA) is 38.3 Å². The average molecular weight is 201 g/mol. The van der Waals surface area contributed by atoms with E-state index in [1.165, 1.54) is 6.08 Å². The van der Waals surface area contributed by atoms with Gasteiger partial charge in [0.1, 0.15) is 6.73 Å². The van der Waals surface area contributed by atoms with E-state index >= 15 is 0 Å². The molecule has 0 spiro atoms. The second-order valence-corrected chi connectivity index (χ2v) is 7.85. The summed E-state index contributed by atoms with van der Waals surface area (Å²) in [7, 11) is -1.53. The van der Waals surface area contributed by atoms with Gasteiger partial charge in [-0.2, -0.15) is 0 Å². The van der Waals surface area contributed by atoms with Crippen LogP contribution in [0.2, 0.25) is 19.1 Å². The number of carbonyl (C=O) groups excluding carboxylic acids is 1. The number of rotatable bonds is 6. The fourth-order valence-corrected chi connectivity index (χ4v) is 2.86. The van der Waals surface area contributed by atoms with Crippen LogP contribution in [-0.2, 0) is 9.22 Å². The third-order valence-corrected chi connectivity index (χ3v) is 4.38. The largest absolute Gasteiger partial charge is 0.400 e. The third kappa shape index (κ3) is 6.54. The molecule has 0 aromatic carbocycles. The van der Waals surface area contributed by atoms with Gasteiger partial charge in [0.25, 0.3) is 0 Å². The van der Waals surface area contributed by atoms with Crippen molar-refractivity contribution >= 4 is 14.2 Å². The van der Waals surface area contributed by atoms with Crippen molar-refractivity contribution in [1.29, 1.82) is 0 Å². The van der Waals surface area contributed by atoms with Gasteiger partial charge in [-0.05, 0) is 25.2 Å². The molecule has 76 valence electrons. The first-order chi connectivity index (χ1) is 6.02. The molecule has 0 rings (SSSR count). The minimum Gasteiger partial charge on any atom is -0.400 e. The monoisotopic (exact) mass is 201 g/mol. The number of hydrogen-bond donors (Lipinski definition) is 1. The lowest BCUT2D eigenvalue weighted by atomic mass is 10.6. The minimum absolute atomic E-state index is 0.179. The van der Waals surface area contributed by atoms with Crippen molar-refractivity contribution in [2.24, 2.45) is 0 Å². The fourth-order valence-electron chi connectivity index (χ4n) is 1.05. The van der Waals surface area contributed by atoms with E-state index in [0.717, 1.165) is 12.5 Å². The van der Waals surface area contributed by atoms with Crippen LogP contribution in [0.25, 0.3) is 0 Å². The number of carbonyl (C=O) groups is 1.